The van der Waals surface area contributed by atoms with E-state index in [-0.39, 0.29) is 60.8 Å². The molecule has 2 aliphatic rings. The highest BCUT2D eigenvalue weighted by atomic mass is 35.5. The number of ether oxygens (including phenoxy) is 3. The zero-order valence-electron chi connectivity index (χ0n) is 39.6. The maximum absolute atomic E-state index is 14.0. The number of hydrogen-bond acceptors (Lipinski definition) is 11. The maximum Gasteiger partial charge on any atom is 0.251 e. The predicted molar refractivity (Wildman–Crippen MR) is 258 cm³/mol. The average molecular weight is 956 g/mol. The van der Waals surface area contributed by atoms with Gasteiger partial charge in [0.1, 0.15) is 42.4 Å². The number of β-amino-alcohol motifs (C(OH)–C–C–N with tert-alkyl or cyclic N) is 1. The third-order valence-corrected chi connectivity index (χ3v) is 14.2. The summed E-state index contributed by atoms with van der Waals surface area (Å²) in [5, 5.41) is 29.0. The van der Waals surface area contributed by atoms with Crippen molar-refractivity contribution in [3.8, 4) is 28.0 Å². The van der Waals surface area contributed by atoms with Crippen molar-refractivity contribution < 1.29 is 38.5 Å². The normalized spacial score (nSPS) is 19.9. The number of halogens is 1. The third-order valence-electron chi connectivity index (χ3n) is 12.9. The number of thiazole rings is 1. The van der Waals surface area contributed by atoms with Gasteiger partial charge >= 0.3 is 0 Å². The van der Waals surface area contributed by atoms with Gasteiger partial charge < -0.3 is 40.2 Å². The van der Waals surface area contributed by atoms with E-state index in [0.29, 0.717) is 60.2 Å². The van der Waals surface area contributed by atoms with Crippen LogP contribution in [-0.4, -0.2) is 95.8 Å². The molecule has 0 radical (unpaired) electrons. The first kappa shape index (κ1) is 50.9. The molecule has 358 valence electrons. The number of carbonyl (C=O) groups is 4. The number of unbranched alkanes of at least 4 members (excludes halogenated alkanes) is 1. The molecule has 2 heterocycles. The van der Waals surface area contributed by atoms with Gasteiger partial charge in [0.15, 0.2) is 0 Å². The molecule has 4 amide bonds. The van der Waals surface area contributed by atoms with Gasteiger partial charge in [-0.25, -0.2) is 4.98 Å². The van der Waals surface area contributed by atoms with Gasteiger partial charge in [-0.2, -0.15) is 5.26 Å². The fraction of sp³-hybridized carbons (Fsp3) is 0.490. The summed E-state index contributed by atoms with van der Waals surface area (Å²) in [7, 11) is 0. The predicted octanol–water partition coefficient (Wildman–Crippen LogP) is 7.49. The van der Waals surface area contributed by atoms with Crippen molar-refractivity contribution >= 4 is 46.6 Å². The van der Waals surface area contributed by atoms with Crippen molar-refractivity contribution in [2.45, 2.75) is 105 Å². The van der Waals surface area contributed by atoms with E-state index in [4.69, 9.17) is 25.8 Å². The summed E-state index contributed by atoms with van der Waals surface area (Å²) in [6.45, 7) is 17.1. The first-order chi connectivity index (χ1) is 31.7. The number of aliphatic hydroxyl groups excluding tert-OH is 1. The van der Waals surface area contributed by atoms with Crippen LogP contribution in [0, 0.1) is 40.4 Å². The molecule has 0 unspecified atom stereocenters. The number of hydrogen-bond donors (Lipinski definition) is 4. The van der Waals surface area contributed by atoms with Crippen LogP contribution in [0.15, 0.2) is 72.2 Å². The summed E-state index contributed by atoms with van der Waals surface area (Å²) in [5.41, 5.74) is 4.43. The monoisotopic (exact) mass is 954 g/mol. The Kier molecular flexibility index (Phi) is 16.4. The van der Waals surface area contributed by atoms with E-state index in [0.717, 1.165) is 21.7 Å². The first-order valence-corrected chi connectivity index (χ1v) is 24.0. The Balaban J connectivity index is 0.881. The topological polar surface area (TPSA) is 192 Å². The van der Waals surface area contributed by atoms with E-state index >= 15 is 0 Å². The molecule has 3 atom stereocenters. The molecule has 14 nitrogen and oxygen atoms in total. The number of nitriles is 1. The number of aliphatic hydroxyl groups is 1. The standard InChI is InChI=1S/C51H63ClN6O8S/c1-31-43(67-30-56-31)33-13-11-32(12-14-33)26-54-46(62)40-23-36(59)28-58(40)47(63)44(49(2,3)4)57-42(60)29-64-21-9-10-22-65-37-18-15-34(16-19-37)45(61)55-27-41-50(5,6)48(51(41,7)8)66-38-20-17-35(25-53)39(52)24-38/h11-20,24,30,36,40-41,44,48,59H,9-10,21-23,26-29H2,1-8H3,(H,54,62)(H,55,61)(H,57,60)/t36-,40+,41?,44-,48?/m1/s1. The van der Waals surface area contributed by atoms with Gasteiger partial charge in [-0.15, -0.1) is 11.3 Å². The molecule has 4 N–H and O–H groups in total. The molecule has 1 saturated carbocycles. The lowest BCUT2D eigenvalue weighted by atomic mass is 9.45. The summed E-state index contributed by atoms with van der Waals surface area (Å²) in [6.07, 6.45) is 0.363. The van der Waals surface area contributed by atoms with Gasteiger partial charge in [-0.3, -0.25) is 19.2 Å². The molecule has 1 aromatic heterocycles. The second-order valence-electron chi connectivity index (χ2n) is 19.7. The highest BCUT2D eigenvalue weighted by Gasteiger charge is 2.63. The molecule has 1 aliphatic carbocycles. The summed E-state index contributed by atoms with van der Waals surface area (Å²) in [5.74, 6) is -0.0941. The van der Waals surface area contributed by atoms with E-state index in [2.05, 4.69) is 54.7 Å². The van der Waals surface area contributed by atoms with Crippen LogP contribution in [0.4, 0.5) is 0 Å². The minimum absolute atomic E-state index is 0.0176. The van der Waals surface area contributed by atoms with Crippen molar-refractivity contribution in [1.29, 1.82) is 5.26 Å². The second kappa shape index (κ2) is 21.6. The molecule has 0 bridgehead atoms. The Labute approximate surface area is 402 Å². The first-order valence-electron chi connectivity index (χ1n) is 22.7. The molecule has 4 aromatic rings. The van der Waals surface area contributed by atoms with E-state index in [1.807, 2.05) is 57.5 Å². The zero-order valence-corrected chi connectivity index (χ0v) is 41.2. The van der Waals surface area contributed by atoms with Gasteiger partial charge in [0.25, 0.3) is 5.91 Å². The highest BCUT2D eigenvalue weighted by molar-refractivity contribution is 7.13. The number of benzene rings is 3. The van der Waals surface area contributed by atoms with Crippen molar-refractivity contribution in [2.75, 3.05) is 32.9 Å². The van der Waals surface area contributed by atoms with Crippen LogP contribution in [0.25, 0.3) is 10.4 Å². The number of nitrogens with one attached hydrogen (secondary N) is 3. The molecular formula is C51H63ClN6O8S. The van der Waals surface area contributed by atoms with E-state index in [9.17, 15) is 29.5 Å². The van der Waals surface area contributed by atoms with Crippen LogP contribution in [0.2, 0.25) is 5.02 Å². The van der Waals surface area contributed by atoms with Crippen LogP contribution in [0.5, 0.6) is 11.5 Å². The summed E-state index contributed by atoms with van der Waals surface area (Å²) >= 11 is 7.81. The van der Waals surface area contributed by atoms with Crippen LogP contribution in [0.3, 0.4) is 0 Å². The van der Waals surface area contributed by atoms with Gasteiger partial charge in [0, 0.05) is 55.1 Å². The SMILES string of the molecule is Cc1ncsc1-c1ccc(CNC(=O)[C@@H]2C[C@@H](O)CN2C(=O)[C@@H](NC(=O)COCCCCOc2ccc(C(=O)NCC3C(C)(C)C(Oc4ccc(C#N)c(Cl)c4)C3(C)C)cc2)C(C)(C)C)cc1. The lowest BCUT2D eigenvalue weighted by Gasteiger charge is -2.63. The zero-order chi connectivity index (χ0) is 48.7. The van der Waals surface area contributed by atoms with Crippen molar-refractivity contribution in [1.82, 2.24) is 25.8 Å². The molecule has 0 spiro atoms. The second-order valence-corrected chi connectivity index (χ2v) is 21.0. The Morgan fingerprint density at radius 1 is 0.970 bits per heavy atom. The Hall–Kier alpha value is -5.53. The third kappa shape index (κ3) is 12.3. The Morgan fingerprint density at radius 3 is 2.27 bits per heavy atom. The number of aromatic nitrogens is 1. The summed E-state index contributed by atoms with van der Waals surface area (Å²) < 4.78 is 17.9. The molecule has 6 rings (SSSR count). The van der Waals surface area contributed by atoms with Crippen LogP contribution < -0.4 is 25.4 Å². The quantitative estimate of drug-likeness (QED) is 0.0685. The van der Waals surface area contributed by atoms with E-state index in [1.54, 1.807) is 53.8 Å². The molecule has 67 heavy (non-hydrogen) atoms. The van der Waals surface area contributed by atoms with Crippen molar-refractivity contribution in [3.63, 3.8) is 0 Å². The Bertz CT molecular complexity index is 2410. The highest BCUT2D eigenvalue weighted by Crippen LogP contribution is 2.60. The minimum atomic E-state index is -0.963. The Morgan fingerprint density at radius 2 is 1.64 bits per heavy atom. The summed E-state index contributed by atoms with van der Waals surface area (Å²) in [4.78, 5) is 60.4. The molecule has 3 aromatic carbocycles. The molecule has 1 saturated heterocycles. The number of aryl methyl sites for hydroxylation is 1. The van der Waals surface area contributed by atoms with Crippen LogP contribution in [-0.2, 0) is 25.7 Å². The maximum atomic E-state index is 14.0. The fourth-order valence-corrected chi connectivity index (χ4v) is 10.5. The fourth-order valence-electron chi connectivity index (χ4n) is 9.46. The lowest BCUT2D eigenvalue weighted by Crippen LogP contribution is -2.68. The number of rotatable bonds is 19. The van der Waals surface area contributed by atoms with E-state index < -0.39 is 35.4 Å². The largest absolute Gasteiger partial charge is 0.494 e. The molecule has 2 fully saturated rings. The number of likely N-dealkylation sites (tertiary alicyclic amines) is 1. The number of amides is 4. The lowest BCUT2D eigenvalue weighted by molar-refractivity contribution is -0.195. The van der Waals surface area contributed by atoms with E-state index in [1.165, 1.54) is 4.90 Å². The van der Waals surface area contributed by atoms with Crippen LogP contribution in [0.1, 0.15) is 94.9 Å². The molecular weight excluding hydrogens is 892 g/mol. The van der Waals surface area contributed by atoms with Gasteiger partial charge in [0.2, 0.25) is 17.7 Å². The summed E-state index contributed by atoms with van der Waals surface area (Å²) in [6, 6.07) is 20.1. The molecule has 16 heteroatoms. The van der Waals surface area contributed by atoms with Gasteiger partial charge in [-0.1, -0.05) is 84.3 Å². The van der Waals surface area contributed by atoms with Crippen molar-refractivity contribution in [3.05, 3.63) is 99.6 Å². The number of carbonyl (C=O) groups excluding carboxylic acids is 4. The number of nitrogens with zero attached hydrogens (tertiary/aromatic N) is 3. The van der Waals surface area contributed by atoms with Gasteiger partial charge in [-0.05, 0) is 78.6 Å². The van der Waals surface area contributed by atoms with Gasteiger partial charge in [0.05, 0.1) is 39.4 Å². The molecule has 1 aliphatic heterocycles. The minimum Gasteiger partial charge on any atom is -0.494 e. The van der Waals surface area contributed by atoms with Crippen molar-refractivity contribution in [2.24, 2.45) is 22.2 Å². The van der Waals surface area contributed by atoms with Crippen LogP contribution >= 0.6 is 22.9 Å². The average Bonchev–Trinajstić information content (AvgIpc) is 3.90. The smallest absolute Gasteiger partial charge is 0.251 e.